The van der Waals surface area contributed by atoms with E-state index in [1.807, 2.05) is 19.1 Å². The van der Waals surface area contributed by atoms with Gasteiger partial charge in [0.15, 0.2) is 11.5 Å². The minimum atomic E-state index is -0.0214. The highest BCUT2D eigenvalue weighted by atomic mass is 16.5. The highest BCUT2D eigenvalue weighted by Gasteiger charge is 2.28. The molecule has 4 nitrogen and oxygen atoms in total. The maximum Gasteiger partial charge on any atom is 0.161 e. The molecule has 21 heavy (non-hydrogen) atoms. The number of methoxy groups -OCH3 is 1. The van der Waals surface area contributed by atoms with Crippen LogP contribution in [0.25, 0.3) is 0 Å². The predicted molar refractivity (Wildman–Crippen MR) is 84.1 cm³/mol. The van der Waals surface area contributed by atoms with Gasteiger partial charge in [0.2, 0.25) is 0 Å². The number of hydrogen-bond donors (Lipinski definition) is 1. The minimum absolute atomic E-state index is 0.0214. The van der Waals surface area contributed by atoms with E-state index in [9.17, 15) is 0 Å². The van der Waals surface area contributed by atoms with Gasteiger partial charge in [0.1, 0.15) is 0 Å². The van der Waals surface area contributed by atoms with E-state index < -0.39 is 0 Å². The summed E-state index contributed by atoms with van der Waals surface area (Å²) in [7, 11) is 1.68. The maximum absolute atomic E-state index is 5.75. The van der Waals surface area contributed by atoms with E-state index in [-0.39, 0.29) is 5.60 Å². The molecule has 1 aromatic carbocycles. The van der Waals surface area contributed by atoms with Crippen LogP contribution in [0.15, 0.2) is 18.2 Å². The number of ether oxygens (including phenoxy) is 3. The molecule has 0 radical (unpaired) electrons. The fourth-order valence-electron chi connectivity index (χ4n) is 2.76. The Morgan fingerprint density at radius 3 is 2.81 bits per heavy atom. The van der Waals surface area contributed by atoms with Crippen molar-refractivity contribution in [3.63, 3.8) is 0 Å². The molecule has 1 aliphatic heterocycles. The number of benzene rings is 1. The lowest BCUT2D eigenvalue weighted by molar-refractivity contribution is -0.0630. The standard InChI is InChI=1S/C17H27NO3/c1-5-20-15-7-6-13(10-16(15)19-4)12-18-14-8-9-21-17(2,3)11-14/h6-7,10,14,18H,5,8-9,11-12H2,1-4H3. The zero-order valence-corrected chi connectivity index (χ0v) is 13.6. The van der Waals surface area contributed by atoms with Crippen molar-refractivity contribution in [2.24, 2.45) is 0 Å². The Balaban J connectivity index is 1.94. The molecule has 1 saturated heterocycles. The van der Waals surface area contributed by atoms with Crippen molar-refractivity contribution >= 4 is 0 Å². The summed E-state index contributed by atoms with van der Waals surface area (Å²) in [5.74, 6) is 1.60. The zero-order chi connectivity index (χ0) is 15.3. The van der Waals surface area contributed by atoms with Gasteiger partial charge in [0.05, 0.1) is 19.3 Å². The van der Waals surface area contributed by atoms with Gasteiger partial charge in [-0.1, -0.05) is 6.07 Å². The Morgan fingerprint density at radius 1 is 1.33 bits per heavy atom. The topological polar surface area (TPSA) is 39.7 Å². The molecule has 0 bridgehead atoms. The van der Waals surface area contributed by atoms with Gasteiger partial charge in [-0.15, -0.1) is 0 Å². The van der Waals surface area contributed by atoms with Gasteiger partial charge in [-0.3, -0.25) is 0 Å². The third-order valence-electron chi connectivity index (χ3n) is 3.82. The number of hydrogen-bond acceptors (Lipinski definition) is 4. The van der Waals surface area contributed by atoms with E-state index in [1.54, 1.807) is 7.11 Å². The fraction of sp³-hybridized carbons (Fsp3) is 0.647. The lowest BCUT2D eigenvalue weighted by Gasteiger charge is -2.36. The molecule has 0 spiro atoms. The van der Waals surface area contributed by atoms with Gasteiger partial charge in [0.25, 0.3) is 0 Å². The van der Waals surface area contributed by atoms with Crippen molar-refractivity contribution in [1.29, 1.82) is 0 Å². The third kappa shape index (κ3) is 4.61. The van der Waals surface area contributed by atoms with Gasteiger partial charge in [0, 0.05) is 19.2 Å². The average molecular weight is 293 g/mol. The molecule has 4 heteroatoms. The first-order chi connectivity index (χ1) is 10.0. The van der Waals surface area contributed by atoms with E-state index in [4.69, 9.17) is 14.2 Å². The SMILES string of the molecule is CCOc1ccc(CNC2CCOC(C)(C)C2)cc1OC. The van der Waals surface area contributed by atoms with Crippen LogP contribution in [0.4, 0.5) is 0 Å². The average Bonchev–Trinajstić information content (AvgIpc) is 2.45. The van der Waals surface area contributed by atoms with Gasteiger partial charge in [-0.2, -0.15) is 0 Å². The van der Waals surface area contributed by atoms with Crippen LogP contribution in [0.3, 0.4) is 0 Å². The molecule has 1 heterocycles. The van der Waals surface area contributed by atoms with Gasteiger partial charge < -0.3 is 19.5 Å². The fourth-order valence-corrected chi connectivity index (χ4v) is 2.76. The normalized spacial score (nSPS) is 21.0. The second-order valence-electron chi connectivity index (χ2n) is 6.10. The van der Waals surface area contributed by atoms with Crippen molar-refractivity contribution in [3.05, 3.63) is 23.8 Å². The minimum Gasteiger partial charge on any atom is -0.493 e. The van der Waals surface area contributed by atoms with E-state index in [0.29, 0.717) is 12.6 Å². The Morgan fingerprint density at radius 2 is 2.14 bits per heavy atom. The van der Waals surface area contributed by atoms with Crippen LogP contribution in [0, 0.1) is 0 Å². The van der Waals surface area contributed by atoms with Crippen molar-refractivity contribution in [2.45, 2.75) is 51.8 Å². The van der Waals surface area contributed by atoms with E-state index in [1.165, 1.54) is 5.56 Å². The second kappa shape index (κ2) is 7.14. The van der Waals surface area contributed by atoms with Crippen LogP contribution in [0.2, 0.25) is 0 Å². The van der Waals surface area contributed by atoms with Crippen LogP contribution in [0.1, 0.15) is 39.2 Å². The van der Waals surface area contributed by atoms with Gasteiger partial charge in [-0.25, -0.2) is 0 Å². The Bertz CT molecular complexity index is 459. The Labute approximate surface area is 127 Å². The smallest absolute Gasteiger partial charge is 0.161 e. The molecule has 1 unspecified atom stereocenters. The molecular weight excluding hydrogens is 266 g/mol. The summed E-state index contributed by atoms with van der Waals surface area (Å²) in [5.41, 5.74) is 1.19. The summed E-state index contributed by atoms with van der Waals surface area (Å²) in [6, 6.07) is 6.62. The first-order valence-electron chi connectivity index (χ1n) is 7.71. The second-order valence-corrected chi connectivity index (χ2v) is 6.10. The largest absolute Gasteiger partial charge is 0.493 e. The summed E-state index contributed by atoms with van der Waals surface area (Å²) in [5, 5.41) is 3.62. The van der Waals surface area contributed by atoms with E-state index in [0.717, 1.165) is 37.5 Å². The molecule has 1 aliphatic rings. The summed E-state index contributed by atoms with van der Waals surface area (Å²) >= 11 is 0. The first kappa shape index (κ1) is 16.1. The maximum atomic E-state index is 5.75. The first-order valence-corrected chi connectivity index (χ1v) is 7.71. The quantitative estimate of drug-likeness (QED) is 0.874. The molecule has 1 aromatic rings. The lowest BCUT2D eigenvalue weighted by atomic mass is 9.94. The zero-order valence-electron chi connectivity index (χ0n) is 13.6. The molecule has 1 N–H and O–H groups in total. The molecule has 118 valence electrons. The molecule has 2 rings (SSSR count). The van der Waals surface area contributed by atoms with Gasteiger partial charge in [-0.05, 0) is 51.3 Å². The van der Waals surface area contributed by atoms with Crippen molar-refractivity contribution in [2.75, 3.05) is 20.3 Å². The number of rotatable bonds is 6. The van der Waals surface area contributed by atoms with Crippen LogP contribution < -0.4 is 14.8 Å². The van der Waals surface area contributed by atoms with E-state index >= 15 is 0 Å². The molecule has 0 aliphatic carbocycles. The molecule has 0 aromatic heterocycles. The third-order valence-corrected chi connectivity index (χ3v) is 3.82. The lowest BCUT2D eigenvalue weighted by Crippen LogP contribution is -2.43. The van der Waals surface area contributed by atoms with Crippen molar-refractivity contribution in [3.8, 4) is 11.5 Å². The highest BCUT2D eigenvalue weighted by Crippen LogP contribution is 2.28. The Hall–Kier alpha value is -1.26. The molecule has 1 fully saturated rings. The summed E-state index contributed by atoms with van der Waals surface area (Å²) in [6.07, 6.45) is 2.11. The molecule has 0 saturated carbocycles. The Kier molecular flexibility index (Phi) is 5.48. The highest BCUT2D eigenvalue weighted by molar-refractivity contribution is 5.42. The summed E-state index contributed by atoms with van der Waals surface area (Å²) in [4.78, 5) is 0. The molecule has 0 amide bonds. The monoisotopic (exact) mass is 293 g/mol. The molecular formula is C17H27NO3. The van der Waals surface area contributed by atoms with Crippen LogP contribution in [-0.4, -0.2) is 32.0 Å². The molecule has 1 atom stereocenters. The van der Waals surface area contributed by atoms with Crippen LogP contribution >= 0.6 is 0 Å². The van der Waals surface area contributed by atoms with Crippen molar-refractivity contribution < 1.29 is 14.2 Å². The van der Waals surface area contributed by atoms with E-state index in [2.05, 4.69) is 25.2 Å². The van der Waals surface area contributed by atoms with Gasteiger partial charge >= 0.3 is 0 Å². The van der Waals surface area contributed by atoms with Crippen LogP contribution in [0.5, 0.6) is 11.5 Å². The number of nitrogens with one attached hydrogen (secondary N) is 1. The summed E-state index contributed by atoms with van der Waals surface area (Å²) in [6.45, 7) is 8.59. The van der Waals surface area contributed by atoms with Crippen molar-refractivity contribution in [1.82, 2.24) is 5.32 Å². The summed E-state index contributed by atoms with van der Waals surface area (Å²) < 4.78 is 16.7. The van der Waals surface area contributed by atoms with Crippen LogP contribution in [-0.2, 0) is 11.3 Å². The predicted octanol–water partition coefficient (Wildman–Crippen LogP) is 3.14.